The lowest BCUT2D eigenvalue weighted by atomic mass is 10.1. The van der Waals surface area contributed by atoms with E-state index in [1.165, 1.54) is 17.0 Å². The van der Waals surface area contributed by atoms with E-state index in [0.29, 0.717) is 11.1 Å². The zero-order valence-electron chi connectivity index (χ0n) is 14.9. The van der Waals surface area contributed by atoms with Gasteiger partial charge in [0.05, 0.1) is 6.54 Å². The highest BCUT2D eigenvalue weighted by molar-refractivity contribution is 9.10. The number of carboxylic acids is 1. The van der Waals surface area contributed by atoms with E-state index in [1.54, 1.807) is 24.3 Å². The SMILES string of the molecule is O=C([O-])Cc1cccc(Cn2cnc(OCc3ccc(F)cc3F)c(Br)c2=O)c1. The Balaban J connectivity index is 1.75. The zero-order chi connectivity index (χ0) is 21.0. The second-order valence-corrected chi connectivity index (χ2v) is 6.98. The van der Waals surface area contributed by atoms with Gasteiger partial charge in [0.15, 0.2) is 0 Å². The maximum atomic E-state index is 13.7. The third-order valence-electron chi connectivity index (χ3n) is 4.02. The maximum Gasteiger partial charge on any atom is 0.271 e. The third-order valence-corrected chi connectivity index (χ3v) is 4.70. The van der Waals surface area contributed by atoms with Crippen molar-refractivity contribution in [2.75, 3.05) is 0 Å². The first-order chi connectivity index (χ1) is 13.8. The summed E-state index contributed by atoms with van der Waals surface area (Å²) < 4.78 is 33.4. The molecule has 0 N–H and O–H groups in total. The molecule has 2 aromatic carbocycles. The Morgan fingerprint density at radius 1 is 1.17 bits per heavy atom. The van der Waals surface area contributed by atoms with Crippen molar-refractivity contribution in [2.24, 2.45) is 0 Å². The second-order valence-electron chi connectivity index (χ2n) is 6.19. The second kappa shape index (κ2) is 8.95. The summed E-state index contributed by atoms with van der Waals surface area (Å²) >= 11 is 3.13. The third kappa shape index (κ3) is 5.26. The smallest absolute Gasteiger partial charge is 0.271 e. The van der Waals surface area contributed by atoms with Crippen molar-refractivity contribution in [3.8, 4) is 5.88 Å². The quantitative estimate of drug-likeness (QED) is 0.536. The Morgan fingerprint density at radius 2 is 1.93 bits per heavy atom. The number of benzene rings is 2. The van der Waals surface area contributed by atoms with Gasteiger partial charge in [-0.05, 0) is 39.2 Å². The van der Waals surface area contributed by atoms with Crippen molar-refractivity contribution in [2.45, 2.75) is 19.6 Å². The molecule has 3 rings (SSSR count). The van der Waals surface area contributed by atoms with Gasteiger partial charge < -0.3 is 14.6 Å². The average Bonchev–Trinajstić information content (AvgIpc) is 2.66. The summed E-state index contributed by atoms with van der Waals surface area (Å²) in [5.41, 5.74) is 0.958. The van der Waals surface area contributed by atoms with Crippen molar-refractivity contribution < 1.29 is 23.4 Å². The molecule has 0 spiro atoms. The molecule has 29 heavy (non-hydrogen) atoms. The van der Waals surface area contributed by atoms with Crippen molar-refractivity contribution >= 4 is 21.9 Å². The van der Waals surface area contributed by atoms with Crippen LogP contribution >= 0.6 is 15.9 Å². The van der Waals surface area contributed by atoms with E-state index in [2.05, 4.69) is 20.9 Å². The maximum absolute atomic E-state index is 13.7. The van der Waals surface area contributed by atoms with Gasteiger partial charge in [0.2, 0.25) is 5.88 Å². The summed E-state index contributed by atoms with van der Waals surface area (Å²) in [6.45, 7) is -0.0649. The fraction of sp³-hybridized carbons (Fsp3) is 0.150. The molecule has 0 bridgehead atoms. The molecule has 0 aliphatic rings. The van der Waals surface area contributed by atoms with Crippen molar-refractivity contribution in [1.82, 2.24) is 9.55 Å². The molecule has 0 saturated heterocycles. The van der Waals surface area contributed by atoms with Gasteiger partial charge in [0, 0.05) is 24.0 Å². The molecule has 0 unspecified atom stereocenters. The van der Waals surface area contributed by atoms with Crippen LogP contribution in [0.25, 0.3) is 0 Å². The molecule has 1 aromatic heterocycles. The highest BCUT2D eigenvalue weighted by Crippen LogP contribution is 2.20. The average molecular weight is 464 g/mol. The highest BCUT2D eigenvalue weighted by Gasteiger charge is 2.13. The molecule has 3 aromatic rings. The number of rotatable bonds is 7. The van der Waals surface area contributed by atoms with E-state index in [0.717, 1.165) is 12.1 Å². The van der Waals surface area contributed by atoms with Crippen LogP contribution in [-0.2, 0) is 24.4 Å². The van der Waals surface area contributed by atoms with Crippen LogP contribution in [0.5, 0.6) is 5.88 Å². The van der Waals surface area contributed by atoms with Crippen LogP contribution in [0.2, 0.25) is 0 Å². The number of aromatic nitrogens is 2. The van der Waals surface area contributed by atoms with Crippen molar-refractivity contribution in [1.29, 1.82) is 0 Å². The van der Waals surface area contributed by atoms with E-state index >= 15 is 0 Å². The number of nitrogens with zero attached hydrogens (tertiary/aromatic N) is 2. The van der Waals surface area contributed by atoms with Gasteiger partial charge in [0.1, 0.15) is 29.0 Å². The molecule has 6 nitrogen and oxygen atoms in total. The van der Waals surface area contributed by atoms with Crippen LogP contribution in [0.4, 0.5) is 8.78 Å². The van der Waals surface area contributed by atoms with Gasteiger partial charge in [-0.25, -0.2) is 13.8 Å². The molecule has 0 saturated carbocycles. The number of carbonyl (C=O) groups is 1. The Morgan fingerprint density at radius 3 is 2.66 bits per heavy atom. The number of halogens is 3. The van der Waals surface area contributed by atoms with Crippen LogP contribution < -0.4 is 15.4 Å². The lowest BCUT2D eigenvalue weighted by Gasteiger charge is -2.11. The summed E-state index contributed by atoms with van der Waals surface area (Å²) in [7, 11) is 0. The monoisotopic (exact) mass is 463 g/mol. The summed E-state index contributed by atoms with van der Waals surface area (Å²) in [5, 5.41) is 10.7. The first-order valence-corrected chi connectivity index (χ1v) is 9.22. The van der Waals surface area contributed by atoms with Gasteiger partial charge in [-0.15, -0.1) is 0 Å². The highest BCUT2D eigenvalue weighted by atomic mass is 79.9. The van der Waals surface area contributed by atoms with Crippen LogP contribution in [-0.4, -0.2) is 15.5 Å². The number of ether oxygens (including phenoxy) is 1. The minimum Gasteiger partial charge on any atom is -0.550 e. The predicted octanol–water partition coefficient (Wildman–Crippen LogP) is 2.20. The van der Waals surface area contributed by atoms with Crippen LogP contribution in [0.3, 0.4) is 0 Å². The number of aliphatic carboxylic acids is 1. The molecular formula is C20H14BrF2N2O4-. The molecule has 9 heteroatoms. The topological polar surface area (TPSA) is 84.2 Å². The normalized spacial score (nSPS) is 10.7. The molecule has 0 aliphatic carbocycles. The van der Waals surface area contributed by atoms with Gasteiger partial charge in [-0.1, -0.05) is 24.3 Å². The fourth-order valence-electron chi connectivity index (χ4n) is 2.65. The van der Waals surface area contributed by atoms with E-state index in [1.807, 2.05) is 0 Å². The van der Waals surface area contributed by atoms with Gasteiger partial charge in [0.25, 0.3) is 5.56 Å². The number of hydrogen-bond donors (Lipinski definition) is 0. The summed E-state index contributed by atoms with van der Waals surface area (Å²) in [6, 6.07) is 9.86. The molecule has 0 fully saturated rings. The molecule has 0 atom stereocenters. The predicted molar refractivity (Wildman–Crippen MR) is 101 cm³/mol. The Bertz CT molecular complexity index is 1120. The molecular weight excluding hydrogens is 450 g/mol. The Hall–Kier alpha value is -3.07. The van der Waals surface area contributed by atoms with Crippen molar-refractivity contribution in [3.05, 3.63) is 91.9 Å². The summed E-state index contributed by atoms with van der Waals surface area (Å²) in [4.78, 5) is 27.3. The molecule has 0 amide bonds. The standard InChI is InChI=1S/C20H15BrF2N2O4/c21-18-19(29-10-14-4-5-15(22)8-16(14)23)24-11-25(20(18)28)9-13-3-1-2-12(6-13)7-17(26)27/h1-6,8,11H,7,9-10H2,(H,26,27)/p-1. The first-order valence-electron chi connectivity index (χ1n) is 8.43. The number of hydrogen-bond acceptors (Lipinski definition) is 5. The minimum absolute atomic E-state index is 0.0272. The van der Waals surface area contributed by atoms with E-state index < -0.39 is 23.2 Å². The molecule has 1 heterocycles. The van der Waals surface area contributed by atoms with E-state index in [4.69, 9.17) is 4.74 Å². The van der Waals surface area contributed by atoms with E-state index in [-0.39, 0.29) is 35.5 Å². The summed E-state index contributed by atoms with van der Waals surface area (Å²) in [6.07, 6.45) is 1.05. The Labute approximate surface area is 172 Å². The van der Waals surface area contributed by atoms with Gasteiger partial charge in [-0.3, -0.25) is 9.36 Å². The largest absolute Gasteiger partial charge is 0.550 e. The molecule has 0 radical (unpaired) electrons. The lowest BCUT2D eigenvalue weighted by Crippen LogP contribution is -2.24. The van der Waals surface area contributed by atoms with Crippen LogP contribution in [0.1, 0.15) is 16.7 Å². The van der Waals surface area contributed by atoms with Crippen LogP contribution in [0, 0.1) is 11.6 Å². The van der Waals surface area contributed by atoms with Crippen LogP contribution in [0.15, 0.2) is 58.1 Å². The Kier molecular flexibility index (Phi) is 6.38. The summed E-state index contributed by atoms with van der Waals surface area (Å²) in [5.74, 6) is -2.67. The first kappa shape index (κ1) is 20.7. The van der Waals surface area contributed by atoms with Crippen molar-refractivity contribution in [3.63, 3.8) is 0 Å². The minimum atomic E-state index is -1.19. The van der Waals surface area contributed by atoms with Gasteiger partial charge in [-0.2, -0.15) is 0 Å². The molecule has 0 aliphatic heterocycles. The molecule has 150 valence electrons. The van der Waals surface area contributed by atoms with Gasteiger partial charge >= 0.3 is 0 Å². The van der Waals surface area contributed by atoms with E-state index in [9.17, 15) is 23.5 Å². The zero-order valence-corrected chi connectivity index (χ0v) is 16.5. The number of carbonyl (C=O) groups excluding carboxylic acids is 1. The lowest BCUT2D eigenvalue weighted by molar-refractivity contribution is -0.304. The fourth-order valence-corrected chi connectivity index (χ4v) is 3.09. The number of carboxylic acid groups (broad SMARTS) is 1.